The molecule has 1 aromatic heterocycles. The summed E-state index contributed by atoms with van der Waals surface area (Å²) in [6, 6.07) is 12.5. The van der Waals surface area contributed by atoms with Crippen LogP contribution < -0.4 is 10.1 Å². The SMILES string of the molecule is CCc1ccc(C2=CC(c3cc(Br)ccc3OC(F)F)n3nnnc3N2)cc1. The summed E-state index contributed by atoms with van der Waals surface area (Å²) in [5, 5.41) is 14.9. The summed E-state index contributed by atoms with van der Waals surface area (Å²) >= 11 is 3.40. The van der Waals surface area contributed by atoms with E-state index in [1.807, 2.05) is 18.2 Å². The third kappa shape index (κ3) is 3.62. The molecule has 0 spiro atoms. The van der Waals surface area contributed by atoms with E-state index in [-0.39, 0.29) is 5.75 Å². The molecule has 0 amide bonds. The lowest BCUT2D eigenvalue weighted by atomic mass is 10.00. The third-order valence-corrected chi connectivity index (χ3v) is 5.00. The number of ether oxygens (including phenoxy) is 1. The van der Waals surface area contributed by atoms with E-state index in [1.54, 1.807) is 12.1 Å². The van der Waals surface area contributed by atoms with Gasteiger partial charge in [-0.05, 0) is 52.2 Å². The lowest BCUT2D eigenvalue weighted by Crippen LogP contribution is -2.21. The maximum absolute atomic E-state index is 12.9. The van der Waals surface area contributed by atoms with E-state index >= 15 is 0 Å². The van der Waals surface area contributed by atoms with Crippen molar-refractivity contribution in [3.05, 3.63) is 69.7 Å². The monoisotopic (exact) mass is 447 g/mol. The maximum Gasteiger partial charge on any atom is 0.387 e. The summed E-state index contributed by atoms with van der Waals surface area (Å²) in [6.07, 6.45) is 2.84. The molecule has 0 aliphatic carbocycles. The number of hydrogen-bond donors (Lipinski definition) is 1. The Kier molecular flexibility index (Phi) is 5.08. The fourth-order valence-electron chi connectivity index (χ4n) is 3.12. The van der Waals surface area contributed by atoms with E-state index in [0.29, 0.717) is 11.5 Å². The predicted molar refractivity (Wildman–Crippen MR) is 104 cm³/mol. The number of allylic oxidation sites excluding steroid dienone is 1. The first kappa shape index (κ1) is 18.5. The van der Waals surface area contributed by atoms with Crippen molar-refractivity contribution >= 4 is 27.6 Å². The van der Waals surface area contributed by atoms with Gasteiger partial charge in [0.25, 0.3) is 0 Å². The summed E-state index contributed by atoms with van der Waals surface area (Å²) < 4.78 is 32.8. The van der Waals surface area contributed by atoms with Gasteiger partial charge in [-0.1, -0.05) is 52.2 Å². The second-order valence-corrected chi connectivity index (χ2v) is 7.12. The number of nitrogens with zero attached hydrogens (tertiary/aromatic N) is 4. The summed E-state index contributed by atoms with van der Waals surface area (Å²) in [5.41, 5.74) is 3.48. The number of aromatic nitrogens is 4. The number of alkyl halides is 2. The van der Waals surface area contributed by atoms with Gasteiger partial charge in [0.1, 0.15) is 11.8 Å². The van der Waals surface area contributed by atoms with Crippen LogP contribution in [0.25, 0.3) is 5.70 Å². The minimum Gasteiger partial charge on any atom is -0.434 e. The zero-order chi connectivity index (χ0) is 19.7. The van der Waals surface area contributed by atoms with Crippen LogP contribution in [-0.2, 0) is 6.42 Å². The van der Waals surface area contributed by atoms with E-state index in [0.717, 1.165) is 22.2 Å². The first-order valence-corrected chi connectivity index (χ1v) is 9.44. The Morgan fingerprint density at radius 3 is 2.71 bits per heavy atom. The largest absolute Gasteiger partial charge is 0.434 e. The van der Waals surface area contributed by atoms with Gasteiger partial charge in [-0.25, -0.2) is 0 Å². The number of tetrazole rings is 1. The number of nitrogens with one attached hydrogen (secondary N) is 1. The zero-order valence-corrected chi connectivity index (χ0v) is 16.4. The Bertz CT molecular complexity index is 1020. The van der Waals surface area contributed by atoms with Crippen molar-refractivity contribution in [1.82, 2.24) is 20.2 Å². The number of aryl methyl sites for hydroxylation is 1. The van der Waals surface area contributed by atoms with Gasteiger partial charge < -0.3 is 10.1 Å². The van der Waals surface area contributed by atoms with Crippen molar-refractivity contribution in [2.45, 2.75) is 26.0 Å². The number of hydrogen-bond acceptors (Lipinski definition) is 5. The van der Waals surface area contributed by atoms with Crippen LogP contribution in [0, 0.1) is 0 Å². The number of halogens is 3. The Morgan fingerprint density at radius 2 is 2.00 bits per heavy atom. The molecule has 0 fully saturated rings. The van der Waals surface area contributed by atoms with Gasteiger partial charge in [0.05, 0.1) is 0 Å². The van der Waals surface area contributed by atoms with Crippen LogP contribution in [0.2, 0.25) is 0 Å². The topological polar surface area (TPSA) is 64.9 Å². The maximum atomic E-state index is 12.9. The van der Waals surface area contributed by atoms with Crippen LogP contribution in [0.5, 0.6) is 5.75 Å². The highest BCUT2D eigenvalue weighted by molar-refractivity contribution is 9.10. The second-order valence-electron chi connectivity index (χ2n) is 6.21. The van der Waals surface area contributed by atoms with E-state index in [1.165, 1.54) is 16.3 Å². The Balaban J connectivity index is 1.81. The molecule has 28 heavy (non-hydrogen) atoms. The molecular weight excluding hydrogens is 432 g/mol. The van der Waals surface area contributed by atoms with Gasteiger partial charge in [0.2, 0.25) is 5.95 Å². The lowest BCUT2D eigenvalue weighted by molar-refractivity contribution is -0.0506. The molecule has 4 rings (SSSR count). The minimum atomic E-state index is -2.93. The van der Waals surface area contributed by atoms with Gasteiger partial charge in [0, 0.05) is 15.7 Å². The molecule has 0 bridgehead atoms. The second kappa shape index (κ2) is 7.67. The van der Waals surface area contributed by atoms with Gasteiger partial charge in [-0.2, -0.15) is 13.5 Å². The highest BCUT2D eigenvalue weighted by Gasteiger charge is 2.27. The number of fused-ring (bicyclic) bond motifs is 1. The molecule has 1 unspecified atom stereocenters. The molecule has 0 radical (unpaired) electrons. The number of anilines is 1. The molecular formula is C19H16BrF2N5O. The lowest BCUT2D eigenvalue weighted by Gasteiger charge is -2.25. The van der Waals surface area contributed by atoms with E-state index < -0.39 is 12.7 Å². The van der Waals surface area contributed by atoms with Crippen LogP contribution >= 0.6 is 15.9 Å². The Labute approximate surface area is 168 Å². The highest BCUT2D eigenvalue weighted by Crippen LogP contribution is 2.37. The van der Waals surface area contributed by atoms with E-state index in [4.69, 9.17) is 4.74 Å². The molecule has 9 heteroatoms. The van der Waals surface area contributed by atoms with Crippen molar-refractivity contribution in [2.24, 2.45) is 0 Å². The van der Waals surface area contributed by atoms with Crippen molar-refractivity contribution < 1.29 is 13.5 Å². The zero-order valence-electron chi connectivity index (χ0n) is 14.8. The molecule has 2 heterocycles. The summed E-state index contributed by atoms with van der Waals surface area (Å²) in [6.45, 7) is -0.838. The minimum absolute atomic E-state index is 0.0727. The molecule has 2 aromatic carbocycles. The Hall–Kier alpha value is -2.81. The molecule has 1 atom stereocenters. The van der Waals surface area contributed by atoms with Crippen LogP contribution in [0.4, 0.5) is 14.7 Å². The van der Waals surface area contributed by atoms with E-state index in [9.17, 15) is 8.78 Å². The van der Waals surface area contributed by atoms with Crippen LogP contribution in [0.1, 0.15) is 29.7 Å². The van der Waals surface area contributed by atoms with Crippen LogP contribution in [-0.4, -0.2) is 26.8 Å². The summed E-state index contributed by atoms with van der Waals surface area (Å²) in [5.74, 6) is 0.494. The summed E-state index contributed by atoms with van der Waals surface area (Å²) in [4.78, 5) is 0. The first-order chi connectivity index (χ1) is 13.5. The molecule has 0 saturated heterocycles. The average molecular weight is 448 g/mol. The predicted octanol–water partition coefficient (Wildman–Crippen LogP) is 4.66. The summed E-state index contributed by atoms with van der Waals surface area (Å²) in [7, 11) is 0. The van der Waals surface area contributed by atoms with E-state index in [2.05, 4.69) is 55.8 Å². The van der Waals surface area contributed by atoms with Crippen molar-refractivity contribution in [3.8, 4) is 5.75 Å². The molecule has 0 saturated carbocycles. The van der Waals surface area contributed by atoms with Gasteiger partial charge in [0.15, 0.2) is 0 Å². The molecule has 3 aromatic rings. The molecule has 1 aliphatic rings. The quantitative estimate of drug-likeness (QED) is 0.616. The third-order valence-electron chi connectivity index (χ3n) is 4.51. The van der Waals surface area contributed by atoms with Gasteiger partial charge >= 0.3 is 6.61 Å². The molecule has 1 N–H and O–H groups in total. The molecule has 1 aliphatic heterocycles. The average Bonchev–Trinajstić information content (AvgIpc) is 3.17. The fraction of sp³-hybridized carbons (Fsp3) is 0.211. The smallest absolute Gasteiger partial charge is 0.387 e. The number of rotatable bonds is 5. The first-order valence-electron chi connectivity index (χ1n) is 8.65. The standard InChI is InChI=1S/C19H16BrF2N5O/c1-2-11-3-5-12(6-4-11)15-10-16(27-19(23-15)24-25-26-27)14-9-13(20)7-8-17(14)28-18(21)22/h3-10,16,18H,2H2,1H3,(H,23,24,26). The van der Waals surface area contributed by atoms with Crippen LogP contribution in [0.15, 0.2) is 53.0 Å². The van der Waals surface area contributed by atoms with Crippen molar-refractivity contribution in [3.63, 3.8) is 0 Å². The van der Waals surface area contributed by atoms with Crippen molar-refractivity contribution in [2.75, 3.05) is 5.32 Å². The normalized spacial score (nSPS) is 15.8. The fourth-order valence-corrected chi connectivity index (χ4v) is 3.50. The van der Waals surface area contributed by atoms with Crippen molar-refractivity contribution in [1.29, 1.82) is 0 Å². The molecule has 6 nitrogen and oxygen atoms in total. The van der Waals surface area contributed by atoms with Gasteiger partial charge in [-0.15, -0.1) is 0 Å². The van der Waals surface area contributed by atoms with Gasteiger partial charge in [-0.3, -0.25) is 0 Å². The molecule has 144 valence electrons. The highest BCUT2D eigenvalue weighted by atomic mass is 79.9. The number of benzene rings is 2. The van der Waals surface area contributed by atoms with Crippen LogP contribution in [0.3, 0.4) is 0 Å². The Morgan fingerprint density at radius 1 is 1.21 bits per heavy atom.